The number of rotatable bonds is 1. The summed E-state index contributed by atoms with van der Waals surface area (Å²) in [5.74, 6) is 0.624. The van der Waals surface area contributed by atoms with Gasteiger partial charge in [0.15, 0.2) is 0 Å². The van der Waals surface area contributed by atoms with Crippen LogP contribution in [0.2, 0.25) is 0 Å². The van der Waals surface area contributed by atoms with Gasteiger partial charge in [-0.25, -0.2) is 0 Å². The van der Waals surface area contributed by atoms with Gasteiger partial charge in [-0.2, -0.15) is 0 Å². The molecule has 0 spiro atoms. The molecule has 0 fully saturated rings. The normalized spacial score (nSPS) is 11.1. The van der Waals surface area contributed by atoms with Gasteiger partial charge in [0, 0.05) is 0 Å². The molecule has 0 unspecified atom stereocenters. The van der Waals surface area contributed by atoms with E-state index in [1.54, 1.807) is 0 Å². The molecule has 3 aromatic heterocycles. The summed E-state index contributed by atoms with van der Waals surface area (Å²) in [4.78, 5) is 5.43. The summed E-state index contributed by atoms with van der Waals surface area (Å²) in [5, 5.41) is 13.7. The predicted octanol–water partition coefficient (Wildman–Crippen LogP) is 0.405. The molecule has 3 heterocycles. The fourth-order valence-electron chi connectivity index (χ4n) is 1.24. The molecule has 0 saturated carbocycles. The van der Waals surface area contributed by atoms with Gasteiger partial charge in [-0.3, -0.25) is 0 Å². The minimum absolute atomic E-state index is 0.466. The van der Waals surface area contributed by atoms with Crippen molar-refractivity contribution in [3.05, 3.63) is 17.1 Å². The third-order valence-corrected chi connectivity index (χ3v) is 3.64. The van der Waals surface area contributed by atoms with Crippen LogP contribution in [0.3, 0.4) is 0 Å². The van der Waals surface area contributed by atoms with Crippen molar-refractivity contribution in [1.29, 1.82) is 0 Å². The quantitative estimate of drug-likeness (QED) is 0.603. The monoisotopic (exact) mass is 239 g/mol. The summed E-state index contributed by atoms with van der Waals surface area (Å²) in [6.07, 6.45) is 0. The van der Waals surface area contributed by atoms with Crippen molar-refractivity contribution in [2.75, 3.05) is 0 Å². The Balaban J connectivity index is 2.23. The molecule has 6 heteroatoms. The second-order valence-electron chi connectivity index (χ2n) is 2.62. The van der Waals surface area contributed by atoms with E-state index in [9.17, 15) is 0 Å². The van der Waals surface area contributed by atoms with Gasteiger partial charge in [0.1, 0.15) is 0 Å². The fraction of sp³-hybridized carbons (Fsp3) is 0. The van der Waals surface area contributed by atoms with E-state index >= 15 is 0 Å². The Morgan fingerprint density at radius 3 is 3.15 bits per heavy atom. The van der Waals surface area contributed by atoms with Gasteiger partial charge in [-0.05, 0) is 0 Å². The van der Waals surface area contributed by atoms with Crippen LogP contribution in [0.4, 0.5) is 0 Å². The molecule has 0 aliphatic rings. The number of hydrogen-bond donors (Lipinski definition) is 2. The summed E-state index contributed by atoms with van der Waals surface area (Å²) < 4.78 is 1.35. The van der Waals surface area contributed by atoms with E-state index in [2.05, 4.69) is 42.7 Å². The zero-order chi connectivity index (χ0) is 8.67. The Kier molecular flexibility index (Phi) is 1.38. The molecule has 0 bridgehead atoms. The average molecular weight is 238 g/mol. The van der Waals surface area contributed by atoms with Crippen molar-refractivity contribution in [2.24, 2.45) is 0 Å². The van der Waals surface area contributed by atoms with Crippen molar-refractivity contribution in [2.45, 2.75) is 0 Å². The minimum atomic E-state index is 0.466. The SMILES string of the molecule is c1cc2[nH]c(-c3nn[nH]n3)cc2[se]1. The molecule has 3 rings (SSSR count). The van der Waals surface area contributed by atoms with E-state index in [-0.39, 0.29) is 0 Å². The van der Waals surface area contributed by atoms with E-state index in [1.165, 1.54) is 9.78 Å². The molecule has 0 atom stereocenters. The van der Waals surface area contributed by atoms with Crippen LogP contribution in [0.5, 0.6) is 0 Å². The Labute approximate surface area is 78.9 Å². The topological polar surface area (TPSA) is 70.2 Å². The number of fused-ring (bicyclic) bond motifs is 1. The predicted molar refractivity (Wildman–Crippen MR) is 48.4 cm³/mol. The van der Waals surface area contributed by atoms with Crippen LogP contribution in [0.15, 0.2) is 17.1 Å². The molecular formula is C7H5N5Se. The summed E-state index contributed by atoms with van der Waals surface area (Å²) in [6.45, 7) is 0. The molecule has 0 radical (unpaired) electrons. The third kappa shape index (κ3) is 1.03. The first-order valence-electron chi connectivity index (χ1n) is 3.73. The molecule has 0 aliphatic heterocycles. The Bertz CT molecular complexity index is 491. The maximum atomic E-state index is 3.90. The summed E-state index contributed by atoms with van der Waals surface area (Å²) >= 11 is 0.466. The molecule has 64 valence electrons. The van der Waals surface area contributed by atoms with Crippen molar-refractivity contribution in [3.63, 3.8) is 0 Å². The zero-order valence-corrected chi connectivity index (χ0v) is 8.20. The molecule has 3 aromatic rings. The van der Waals surface area contributed by atoms with E-state index in [4.69, 9.17) is 0 Å². The van der Waals surface area contributed by atoms with Gasteiger partial charge in [0.05, 0.1) is 0 Å². The second-order valence-corrected chi connectivity index (χ2v) is 4.61. The standard InChI is InChI=1S/C7H5N5Se/c1-2-13-6-3-5(8-4(1)6)7-9-11-12-10-7/h1-3,8H,(H,9,10,11,12). The van der Waals surface area contributed by atoms with E-state index in [0.717, 1.165) is 5.69 Å². The van der Waals surface area contributed by atoms with Gasteiger partial charge >= 0.3 is 78.5 Å². The number of aromatic amines is 2. The number of tetrazole rings is 1. The van der Waals surface area contributed by atoms with Crippen molar-refractivity contribution < 1.29 is 0 Å². The second kappa shape index (κ2) is 2.55. The first kappa shape index (κ1) is 7.06. The van der Waals surface area contributed by atoms with E-state index in [0.29, 0.717) is 20.3 Å². The molecule has 0 aromatic carbocycles. The fourth-order valence-corrected chi connectivity index (χ4v) is 2.89. The van der Waals surface area contributed by atoms with Gasteiger partial charge in [-0.1, -0.05) is 0 Å². The third-order valence-electron chi connectivity index (χ3n) is 1.83. The summed E-state index contributed by atoms with van der Waals surface area (Å²) in [7, 11) is 0. The molecule has 2 N–H and O–H groups in total. The zero-order valence-electron chi connectivity index (χ0n) is 6.48. The number of nitrogens with one attached hydrogen (secondary N) is 2. The van der Waals surface area contributed by atoms with Gasteiger partial charge in [-0.15, -0.1) is 0 Å². The Morgan fingerprint density at radius 2 is 2.38 bits per heavy atom. The number of nitrogens with zero attached hydrogens (tertiary/aromatic N) is 3. The van der Waals surface area contributed by atoms with E-state index in [1.807, 2.05) is 0 Å². The maximum absolute atomic E-state index is 3.90. The average Bonchev–Trinajstić information content (AvgIpc) is 2.78. The van der Waals surface area contributed by atoms with Gasteiger partial charge in [0.25, 0.3) is 0 Å². The molecule has 5 nitrogen and oxygen atoms in total. The van der Waals surface area contributed by atoms with Crippen LogP contribution < -0.4 is 0 Å². The van der Waals surface area contributed by atoms with Crippen LogP contribution in [-0.2, 0) is 0 Å². The van der Waals surface area contributed by atoms with Crippen LogP contribution in [0.25, 0.3) is 21.3 Å². The van der Waals surface area contributed by atoms with Crippen LogP contribution in [0, 0.1) is 0 Å². The Hall–Kier alpha value is -1.39. The first-order valence-corrected chi connectivity index (χ1v) is 5.58. The Morgan fingerprint density at radius 1 is 1.38 bits per heavy atom. The molecule has 0 aliphatic carbocycles. The van der Waals surface area contributed by atoms with Crippen molar-refractivity contribution in [3.8, 4) is 11.5 Å². The van der Waals surface area contributed by atoms with Crippen molar-refractivity contribution >= 4 is 24.3 Å². The van der Waals surface area contributed by atoms with Gasteiger partial charge < -0.3 is 0 Å². The summed E-state index contributed by atoms with van der Waals surface area (Å²) in [6, 6.07) is 4.18. The number of hydrogen-bond acceptors (Lipinski definition) is 3. The molecule has 0 amide bonds. The van der Waals surface area contributed by atoms with Crippen molar-refractivity contribution in [1.82, 2.24) is 25.6 Å². The molecule has 0 saturated heterocycles. The summed E-state index contributed by atoms with van der Waals surface area (Å²) in [5.41, 5.74) is 2.12. The van der Waals surface area contributed by atoms with Gasteiger partial charge in [0.2, 0.25) is 0 Å². The number of H-pyrrole nitrogens is 2. The van der Waals surface area contributed by atoms with Crippen LogP contribution >= 0.6 is 0 Å². The van der Waals surface area contributed by atoms with E-state index < -0.39 is 0 Å². The molecular weight excluding hydrogens is 233 g/mol. The molecule has 13 heavy (non-hydrogen) atoms. The van der Waals surface area contributed by atoms with Crippen LogP contribution in [-0.4, -0.2) is 40.1 Å². The number of aromatic nitrogens is 5. The first-order chi connectivity index (χ1) is 6.43. The van der Waals surface area contributed by atoms with Crippen LogP contribution in [0.1, 0.15) is 0 Å².